The molecule has 22 heavy (non-hydrogen) atoms. The first kappa shape index (κ1) is 17.1. The highest BCUT2D eigenvalue weighted by Crippen LogP contribution is 2.46. The van der Waals surface area contributed by atoms with E-state index in [0.717, 1.165) is 6.54 Å². The summed E-state index contributed by atoms with van der Waals surface area (Å²) in [6.45, 7) is 22.0. The van der Waals surface area contributed by atoms with Gasteiger partial charge in [-0.15, -0.1) is 0 Å². The van der Waals surface area contributed by atoms with Crippen molar-refractivity contribution >= 4 is 5.69 Å². The lowest BCUT2D eigenvalue weighted by Crippen LogP contribution is -2.48. The maximum Gasteiger partial charge on any atom is 0.0803 e. The van der Waals surface area contributed by atoms with E-state index >= 15 is 0 Å². The first-order valence-corrected chi connectivity index (χ1v) is 8.83. The van der Waals surface area contributed by atoms with Crippen LogP contribution in [0.4, 0.5) is 5.69 Å². The summed E-state index contributed by atoms with van der Waals surface area (Å²) >= 11 is 0. The summed E-state index contributed by atoms with van der Waals surface area (Å²) in [6, 6.07) is 8.79. The van der Waals surface area contributed by atoms with E-state index in [1.807, 2.05) is 0 Å². The number of para-hydroxylation sites is 1. The molecular weight excluding hydrogens is 268 g/mol. The van der Waals surface area contributed by atoms with Crippen LogP contribution in [0.15, 0.2) is 36.5 Å². The van der Waals surface area contributed by atoms with Crippen molar-refractivity contribution in [2.24, 2.45) is 0 Å². The van der Waals surface area contributed by atoms with Crippen LogP contribution < -0.4 is 4.90 Å². The van der Waals surface area contributed by atoms with E-state index in [1.54, 1.807) is 0 Å². The monoisotopic (exact) mass is 301 g/mol. The molecule has 1 aliphatic rings. The molecule has 0 aliphatic carbocycles. The molecule has 1 heterocycles. The van der Waals surface area contributed by atoms with Crippen molar-refractivity contribution < 1.29 is 4.48 Å². The predicted octanol–water partition coefficient (Wildman–Crippen LogP) is 4.56. The molecule has 0 fully saturated rings. The summed E-state index contributed by atoms with van der Waals surface area (Å²) in [6.07, 6.45) is 1.22. The third-order valence-electron chi connectivity index (χ3n) is 5.94. The SMILES string of the molecule is C=C1N(CCC[N+](CC)(CC)CC)c2ccccc2C1(C)C. The van der Waals surface area contributed by atoms with Gasteiger partial charge in [-0.25, -0.2) is 0 Å². The number of allylic oxidation sites excluding steroid dienone is 1. The van der Waals surface area contributed by atoms with Crippen LogP contribution in [0.3, 0.4) is 0 Å². The standard InChI is InChI=1S/C20H33N2/c1-7-22(8-2,9-3)16-12-15-21-17(4)20(5,6)18-13-10-11-14-19(18)21/h10-11,13-14H,4,7-9,12,15-16H2,1-3,5-6H3/q+1. The topological polar surface area (TPSA) is 3.24 Å². The third kappa shape index (κ3) is 2.81. The van der Waals surface area contributed by atoms with Gasteiger partial charge in [0.05, 0.1) is 26.2 Å². The molecule has 0 spiro atoms. The molecule has 1 aliphatic heterocycles. The second kappa shape index (κ2) is 6.45. The Kier molecular flexibility index (Phi) is 5.01. The molecule has 1 aromatic rings. The Morgan fingerprint density at radius 2 is 1.64 bits per heavy atom. The molecule has 0 aromatic heterocycles. The van der Waals surface area contributed by atoms with Gasteiger partial charge in [-0.1, -0.05) is 38.6 Å². The molecule has 0 radical (unpaired) electrons. The highest BCUT2D eigenvalue weighted by Gasteiger charge is 2.38. The van der Waals surface area contributed by atoms with E-state index in [-0.39, 0.29) is 5.41 Å². The summed E-state index contributed by atoms with van der Waals surface area (Å²) in [7, 11) is 0. The van der Waals surface area contributed by atoms with Crippen LogP contribution in [-0.2, 0) is 5.41 Å². The van der Waals surface area contributed by atoms with Gasteiger partial charge in [-0.05, 0) is 32.4 Å². The molecule has 0 N–H and O–H groups in total. The molecule has 0 saturated heterocycles. The number of hydrogen-bond acceptors (Lipinski definition) is 1. The molecule has 0 unspecified atom stereocenters. The van der Waals surface area contributed by atoms with Gasteiger partial charge in [0.15, 0.2) is 0 Å². The highest BCUT2D eigenvalue weighted by atomic mass is 15.3. The van der Waals surface area contributed by atoms with E-state index in [2.05, 4.69) is 70.4 Å². The predicted molar refractivity (Wildman–Crippen MR) is 97.3 cm³/mol. The Bertz CT molecular complexity index is 518. The van der Waals surface area contributed by atoms with Crippen LogP contribution in [0.25, 0.3) is 0 Å². The Morgan fingerprint density at radius 3 is 2.23 bits per heavy atom. The molecule has 0 amide bonds. The van der Waals surface area contributed by atoms with Crippen LogP contribution in [0, 0.1) is 0 Å². The first-order chi connectivity index (χ1) is 10.4. The summed E-state index contributed by atoms with van der Waals surface area (Å²) < 4.78 is 1.23. The van der Waals surface area contributed by atoms with Gasteiger partial charge in [-0.2, -0.15) is 0 Å². The Labute approximate surface area is 137 Å². The molecule has 0 saturated carbocycles. The van der Waals surface area contributed by atoms with E-state index in [1.165, 1.54) is 54.0 Å². The summed E-state index contributed by atoms with van der Waals surface area (Å²) in [5.41, 5.74) is 4.08. The van der Waals surface area contributed by atoms with Gasteiger partial charge < -0.3 is 9.38 Å². The largest absolute Gasteiger partial charge is 0.344 e. The van der Waals surface area contributed by atoms with Gasteiger partial charge in [0, 0.05) is 29.8 Å². The maximum atomic E-state index is 4.40. The minimum atomic E-state index is 0.0583. The first-order valence-electron chi connectivity index (χ1n) is 8.83. The van der Waals surface area contributed by atoms with Crippen LogP contribution in [0.5, 0.6) is 0 Å². The van der Waals surface area contributed by atoms with Gasteiger partial charge in [0.25, 0.3) is 0 Å². The van der Waals surface area contributed by atoms with Gasteiger partial charge in [0.2, 0.25) is 0 Å². The van der Waals surface area contributed by atoms with E-state index in [4.69, 9.17) is 0 Å². The fourth-order valence-electron chi connectivity index (χ4n) is 3.84. The quantitative estimate of drug-likeness (QED) is 0.667. The van der Waals surface area contributed by atoms with Crippen molar-refractivity contribution in [2.75, 3.05) is 37.6 Å². The number of benzene rings is 1. The van der Waals surface area contributed by atoms with Crippen LogP contribution >= 0.6 is 0 Å². The van der Waals surface area contributed by atoms with Crippen molar-refractivity contribution in [1.29, 1.82) is 0 Å². The fourth-order valence-corrected chi connectivity index (χ4v) is 3.84. The number of anilines is 1. The van der Waals surface area contributed by atoms with Crippen LogP contribution in [0.2, 0.25) is 0 Å². The second-order valence-corrected chi connectivity index (χ2v) is 7.11. The zero-order chi connectivity index (χ0) is 16.4. The van der Waals surface area contributed by atoms with Crippen molar-refractivity contribution in [3.63, 3.8) is 0 Å². The zero-order valence-electron chi connectivity index (χ0n) is 15.2. The van der Waals surface area contributed by atoms with E-state index in [9.17, 15) is 0 Å². The van der Waals surface area contributed by atoms with Gasteiger partial charge in [-0.3, -0.25) is 0 Å². The van der Waals surface area contributed by atoms with Crippen LogP contribution in [-0.4, -0.2) is 37.2 Å². The number of hydrogen-bond donors (Lipinski definition) is 0. The fraction of sp³-hybridized carbons (Fsp3) is 0.600. The molecular formula is C20H33N2+. The van der Waals surface area contributed by atoms with E-state index in [0.29, 0.717) is 0 Å². The van der Waals surface area contributed by atoms with Gasteiger partial charge >= 0.3 is 0 Å². The summed E-state index contributed by atoms with van der Waals surface area (Å²) in [5.74, 6) is 0. The lowest BCUT2D eigenvalue weighted by atomic mass is 9.84. The van der Waals surface area contributed by atoms with Crippen molar-refractivity contribution in [3.8, 4) is 0 Å². The molecule has 2 nitrogen and oxygen atoms in total. The number of fused-ring (bicyclic) bond motifs is 1. The maximum absolute atomic E-state index is 4.40. The minimum absolute atomic E-state index is 0.0583. The lowest BCUT2D eigenvalue weighted by molar-refractivity contribution is -0.923. The number of quaternary nitrogens is 1. The molecule has 2 rings (SSSR count). The van der Waals surface area contributed by atoms with Crippen LogP contribution in [0.1, 0.15) is 46.6 Å². The number of nitrogens with zero attached hydrogens (tertiary/aromatic N) is 2. The Balaban J connectivity index is 2.10. The molecule has 0 atom stereocenters. The Morgan fingerprint density at radius 1 is 1.05 bits per heavy atom. The molecule has 2 heteroatoms. The Hall–Kier alpha value is -1.28. The highest BCUT2D eigenvalue weighted by molar-refractivity contribution is 5.69. The average Bonchev–Trinajstić information content (AvgIpc) is 2.73. The van der Waals surface area contributed by atoms with Gasteiger partial charge in [0.1, 0.15) is 0 Å². The normalized spacial score (nSPS) is 17.0. The molecule has 1 aromatic carbocycles. The van der Waals surface area contributed by atoms with Crippen molar-refractivity contribution in [1.82, 2.24) is 0 Å². The minimum Gasteiger partial charge on any atom is -0.344 e. The van der Waals surface area contributed by atoms with Crippen molar-refractivity contribution in [3.05, 3.63) is 42.1 Å². The average molecular weight is 301 g/mol. The zero-order valence-corrected chi connectivity index (χ0v) is 15.2. The molecule has 0 bridgehead atoms. The summed E-state index contributed by atoms with van der Waals surface area (Å²) in [5, 5.41) is 0. The third-order valence-corrected chi connectivity index (χ3v) is 5.94. The smallest absolute Gasteiger partial charge is 0.0803 e. The summed E-state index contributed by atoms with van der Waals surface area (Å²) in [4.78, 5) is 2.45. The second-order valence-electron chi connectivity index (χ2n) is 7.11. The molecule has 122 valence electrons. The van der Waals surface area contributed by atoms with Crippen molar-refractivity contribution in [2.45, 2.75) is 46.5 Å². The number of rotatable bonds is 7. The lowest BCUT2D eigenvalue weighted by Gasteiger charge is -2.36. The van der Waals surface area contributed by atoms with E-state index < -0.39 is 0 Å².